The Balaban J connectivity index is 4.63. The zero-order valence-corrected chi connectivity index (χ0v) is 6.52. The van der Waals surface area contributed by atoms with Gasteiger partial charge in [-0.15, -0.1) is 0 Å². The molecule has 0 aromatic heterocycles. The van der Waals surface area contributed by atoms with Crippen molar-refractivity contribution >= 4 is 0 Å². The summed E-state index contributed by atoms with van der Waals surface area (Å²) in [5.41, 5.74) is 13.4. The lowest BCUT2D eigenvalue weighted by Gasteiger charge is -2.02. The lowest BCUT2D eigenvalue weighted by Crippen LogP contribution is -2.02. The van der Waals surface area contributed by atoms with Crippen molar-refractivity contribution in [3.8, 4) is 0 Å². The van der Waals surface area contributed by atoms with Crippen LogP contribution in [0.2, 0.25) is 0 Å². The van der Waals surface area contributed by atoms with Crippen molar-refractivity contribution in [3.63, 3.8) is 0 Å². The maximum atomic E-state index is 5.64. The Kier molecular flexibility index (Phi) is 3.33. The predicted octanol–water partition coefficient (Wildman–Crippen LogP) is 1.27. The fraction of sp³-hybridized carbons (Fsp3) is 0.250. The molecule has 4 N–H and O–H groups in total. The van der Waals surface area contributed by atoms with E-state index in [-0.39, 0.29) is 0 Å². The van der Waals surface area contributed by atoms with Gasteiger partial charge in [0, 0.05) is 5.70 Å². The van der Waals surface area contributed by atoms with Gasteiger partial charge >= 0.3 is 0 Å². The Hall–Kier alpha value is -1.18. The molecule has 0 bridgehead atoms. The molecule has 0 amide bonds. The smallest absolute Gasteiger partial charge is 0.0387 e. The normalized spacial score (nSPS) is 14.4. The molecule has 0 unspecified atom stereocenters. The van der Waals surface area contributed by atoms with Gasteiger partial charge in [-0.3, -0.25) is 0 Å². The summed E-state index contributed by atoms with van der Waals surface area (Å²) in [6.07, 6.45) is 3.20. The zero-order valence-electron chi connectivity index (χ0n) is 6.52. The molecule has 0 aliphatic heterocycles. The van der Waals surface area contributed by atoms with Crippen molar-refractivity contribution in [2.75, 3.05) is 0 Å². The minimum atomic E-state index is 0.706. The van der Waals surface area contributed by atoms with E-state index in [0.29, 0.717) is 5.70 Å². The molecule has 0 atom stereocenters. The molecule has 56 valence electrons. The summed E-state index contributed by atoms with van der Waals surface area (Å²) in [4.78, 5) is 0. The third-order valence-electron chi connectivity index (χ3n) is 1.41. The minimum absolute atomic E-state index is 0.706. The van der Waals surface area contributed by atoms with Crippen molar-refractivity contribution < 1.29 is 0 Å². The highest BCUT2D eigenvalue weighted by molar-refractivity contribution is 5.34. The van der Waals surface area contributed by atoms with Crippen LogP contribution in [0.5, 0.6) is 0 Å². The second kappa shape index (κ2) is 3.77. The van der Waals surface area contributed by atoms with Gasteiger partial charge in [-0.05, 0) is 31.2 Å². The van der Waals surface area contributed by atoms with Crippen molar-refractivity contribution in [2.24, 2.45) is 11.5 Å². The van der Waals surface area contributed by atoms with Gasteiger partial charge in [-0.1, -0.05) is 12.7 Å². The van der Waals surface area contributed by atoms with Gasteiger partial charge in [0.2, 0.25) is 0 Å². The van der Waals surface area contributed by atoms with Crippen LogP contribution in [0, 0.1) is 0 Å². The van der Waals surface area contributed by atoms with E-state index in [1.54, 1.807) is 6.08 Å². The quantitative estimate of drug-likeness (QED) is 0.564. The molecule has 0 aromatic carbocycles. The fourth-order valence-corrected chi connectivity index (χ4v) is 0.511. The van der Waals surface area contributed by atoms with Crippen LogP contribution < -0.4 is 11.5 Å². The number of rotatable bonds is 2. The summed E-state index contributed by atoms with van der Waals surface area (Å²) in [5, 5.41) is 0. The lowest BCUT2D eigenvalue weighted by molar-refractivity contribution is 1.21. The monoisotopic (exact) mass is 138 g/mol. The second-order valence-corrected chi connectivity index (χ2v) is 2.15. The van der Waals surface area contributed by atoms with Gasteiger partial charge in [0.15, 0.2) is 0 Å². The van der Waals surface area contributed by atoms with Gasteiger partial charge in [0.1, 0.15) is 0 Å². The van der Waals surface area contributed by atoms with E-state index in [1.165, 1.54) is 6.20 Å². The van der Waals surface area contributed by atoms with Crippen molar-refractivity contribution in [2.45, 2.75) is 13.8 Å². The van der Waals surface area contributed by atoms with Crippen molar-refractivity contribution in [1.29, 1.82) is 0 Å². The first-order valence-electron chi connectivity index (χ1n) is 3.11. The zero-order chi connectivity index (χ0) is 8.15. The Morgan fingerprint density at radius 2 is 1.90 bits per heavy atom. The van der Waals surface area contributed by atoms with Crippen molar-refractivity contribution in [3.05, 3.63) is 35.7 Å². The summed E-state index contributed by atoms with van der Waals surface area (Å²) < 4.78 is 0. The number of hydrogen-bond donors (Lipinski definition) is 2. The van der Waals surface area contributed by atoms with Gasteiger partial charge in [-0.2, -0.15) is 0 Å². The predicted molar refractivity (Wildman–Crippen MR) is 45.0 cm³/mol. The van der Waals surface area contributed by atoms with E-state index >= 15 is 0 Å². The molecule has 0 rings (SSSR count). The third kappa shape index (κ3) is 1.97. The number of nitrogens with two attached hydrogens (primary N) is 2. The molecule has 0 saturated heterocycles. The third-order valence-corrected chi connectivity index (χ3v) is 1.41. The molecule has 0 aromatic rings. The highest BCUT2D eigenvalue weighted by atomic mass is 14.6. The first-order chi connectivity index (χ1) is 4.63. The molecule has 0 saturated carbocycles. The Bertz CT molecular complexity index is 187. The van der Waals surface area contributed by atoms with E-state index in [2.05, 4.69) is 6.58 Å². The summed E-state index contributed by atoms with van der Waals surface area (Å²) in [5.74, 6) is 0. The Morgan fingerprint density at radius 1 is 1.40 bits per heavy atom. The molecule has 0 heterocycles. The van der Waals surface area contributed by atoms with E-state index in [4.69, 9.17) is 11.5 Å². The largest absolute Gasteiger partial charge is 0.404 e. The van der Waals surface area contributed by atoms with E-state index < -0.39 is 0 Å². The topological polar surface area (TPSA) is 52.0 Å². The van der Waals surface area contributed by atoms with E-state index in [9.17, 15) is 0 Å². The SMILES string of the molecule is C=C/C(C)=C(N)\C(C)=C/N. The lowest BCUT2D eigenvalue weighted by atomic mass is 10.1. The van der Waals surface area contributed by atoms with Crippen molar-refractivity contribution in [1.82, 2.24) is 0 Å². The number of hydrogen-bond acceptors (Lipinski definition) is 2. The molecule has 10 heavy (non-hydrogen) atoms. The average molecular weight is 138 g/mol. The molecule has 0 aliphatic rings. The first-order valence-corrected chi connectivity index (χ1v) is 3.11. The molecule has 2 heteroatoms. The molecule has 0 radical (unpaired) electrons. The van der Waals surface area contributed by atoms with Crippen LogP contribution in [0.15, 0.2) is 35.7 Å². The number of allylic oxidation sites excluding steroid dienone is 3. The van der Waals surface area contributed by atoms with Crippen LogP contribution in [-0.2, 0) is 0 Å². The first kappa shape index (κ1) is 8.82. The van der Waals surface area contributed by atoms with Crippen LogP contribution in [-0.4, -0.2) is 0 Å². The summed E-state index contributed by atoms with van der Waals surface area (Å²) in [6.45, 7) is 7.35. The van der Waals surface area contributed by atoms with E-state index in [1.807, 2.05) is 13.8 Å². The van der Waals surface area contributed by atoms with Gasteiger partial charge < -0.3 is 11.5 Å². The average Bonchev–Trinajstić information content (AvgIpc) is 2.00. The van der Waals surface area contributed by atoms with E-state index in [0.717, 1.165) is 11.1 Å². The fourth-order valence-electron chi connectivity index (χ4n) is 0.511. The second-order valence-electron chi connectivity index (χ2n) is 2.15. The Labute approximate surface area is 61.9 Å². The van der Waals surface area contributed by atoms with Crippen LogP contribution in [0.1, 0.15) is 13.8 Å². The minimum Gasteiger partial charge on any atom is -0.404 e. The van der Waals surface area contributed by atoms with Crippen LogP contribution >= 0.6 is 0 Å². The van der Waals surface area contributed by atoms with Gasteiger partial charge in [0.25, 0.3) is 0 Å². The van der Waals surface area contributed by atoms with Gasteiger partial charge in [-0.25, -0.2) is 0 Å². The summed E-state index contributed by atoms with van der Waals surface area (Å²) in [7, 11) is 0. The summed E-state index contributed by atoms with van der Waals surface area (Å²) >= 11 is 0. The molecular formula is C8H14N2. The molecule has 0 aliphatic carbocycles. The molecule has 0 fully saturated rings. The Morgan fingerprint density at radius 3 is 2.20 bits per heavy atom. The van der Waals surface area contributed by atoms with Gasteiger partial charge in [0.05, 0.1) is 0 Å². The maximum absolute atomic E-state index is 5.64. The molecule has 2 nitrogen and oxygen atoms in total. The highest BCUT2D eigenvalue weighted by Crippen LogP contribution is 2.07. The summed E-state index contributed by atoms with van der Waals surface area (Å²) in [6, 6.07) is 0. The maximum Gasteiger partial charge on any atom is 0.0387 e. The molecule has 0 spiro atoms. The highest BCUT2D eigenvalue weighted by Gasteiger charge is 1.94. The molecular weight excluding hydrogens is 124 g/mol. The standard InChI is InChI=1S/C8H14N2/c1-4-6(2)8(10)7(3)5-9/h4-5H,1,9-10H2,2-3H3/b7-5-,8-6+. The van der Waals surface area contributed by atoms with Crippen LogP contribution in [0.4, 0.5) is 0 Å². The van der Waals surface area contributed by atoms with Crippen LogP contribution in [0.25, 0.3) is 0 Å². The van der Waals surface area contributed by atoms with Crippen LogP contribution in [0.3, 0.4) is 0 Å².